The molecule has 1 saturated heterocycles. The fourth-order valence-corrected chi connectivity index (χ4v) is 5.26. The molecule has 112 valence electrons. The van der Waals surface area contributed by atoms with Gasteiger partial charge in [-0.2, -0.15) is 0 Å². The van der Waals surface area contributed by atoms with Crippen molar-refractivity contribution in [3.05, 3.63) is 46.5 Å². The van der Waals surface area contributed by atoms with Gasteiger partial charge in [-0.3, -0.25) is 0 Å². The standard InChI is InChI=1S/C19H25NO/c1-12-13(2)19-15-7-4-3-6-14(15)18(12)16-10-20(8-5-9-21)11-17(16)19/h3-4,6-7,16-19,21H,5,8-11H2,1-2H3/t16-,17+,18+,19-. The fraction of sp³-hybridized carbons (Fsp3) is 0.579. The largest absolute Gasteiger partial charge is 0.396 e. The molecule has 1 fully saturated rings. The number of hydrogen-bond acceptors (Lipinski definition) is 2. The Morgan fingerprint density at radius 1 is 1.00 bits per heavy atom. The minimum Gasteiger partial charge on any atom is -0.396 e. The summed E-state index contributed by atoms with van der Waals surface area (Å²) in [6.07, 6.45) is 0.910. The molecule has 1 heterocycles. The normalized spacial score (nSPS) is 34.2. The van der Waals surface area contributed by atoms with Gasteiger partial charge in [-0.15, -0.1) is 0 Å². The van der Waals surface area contributed by atoms with E-state index in [1.165, 1.54) is 13.1 Å². The summed E-state index contributed by atoms with van der Waals surface area (Å²) in [5.41, 5.74) is 6.44. The van der Waals surface area contributed by atoms with E-state index in [0.29, 0.717) is 18.4 Å². The number of benzene rings is 1. The lowest BCUT2D eigenvalue weighted by atomic mass is 9.56. The van der Waals surface area contributed by atoms with Crippen molar-refractivity contribution in [2.24, 2.45) is 11.8 Å². The Morgan fingerprint density at radius 3 is 2.00 bits per heavy atom. The minimum absolute atomic E-state index is 0.315. The SMILES string of the molecule is CC1=C(C)[C@H]2c3ccccc3[C@@H]1[C@H]1CN(CCCO)C[C@H]12. The molecule has 0 saturated carbocycles. The highest BCUT2D eigenvalue weighted by Crippen LogP contribution is 2.59. The first-order valence-corrected chi connectivity index (χ1v) is 8.31. The lowest BCUT2D eigenvalue weighted by molar-refractivity contribution is 0.242. The monoisotopic (exact) mass is 283 g/mol. The van der Waals surface area contributed by atoms with Crippen LogP contribution in [0.5, 0.6) is 0 Å². The van der Waals surface area contributed by atoms with Crippen LogP contribution in [0.25, 0.3) is 0 Å². The lowest BCUT2D eigenvalue weighted by Gasteiger charge is -2.48. The molecule has 0 aromatic heterocycles. The third-order valence-electron chi connectivity index (χ3n) is 6.20. The first-order valence-electron chi connectivity index (χ1n) is 8.31. The van der Waals surface area contributed by atoms with Crippen molar-refractivity contribution in [3.63, 3.8) is 0 Å². The summed E-state index contributed by atoms with van der Waals surface area (Å²) in [6, 6.07) is 9.12. The van der Waals surface area contributed by atoms with Crippen LogP contribution < -0.4 is 0 Å². The highest BCUT2D eigenvalue weighted by atomic mass is 16.3. The highest BCUT2D eigenvalue weighted by Gasteiger charge is 2.51. The smallest absolute Gasteiger partial charge is 0.0443 e. The molecule has 5 rings (SSSR count). The molecule has 2 bridgehead atoms. The predicted molar refractivity (Wildman–Crippen MR) is 85.4 cm³/mol. The summed E-state index contributed by atoms with van der Waals surface area (Å²) in [4.78, 5) is 2.59. The van der Waals surface area contributed by atoms with Gasteiger partial charge < -0.3 is 10.0 Å². The van der Waals surface area contributed by atoms with Crippen LogP contribution in [0.15, 0.2) is 35.4 Å². The van der Waals surface area contributed by atoms with Crippen LogP contribution in [-0.2, 0) is 0 Å². The molecule has 4 aliphatic rings. The highest BCUT2D eigenvalue weighted by molar-refractivity contribution is 5.52. The van der Waals surface area contributed by atoms with Crippen molar-refractivity contribution in [1.82, 2.24) is 4.90 Å². The van der Waals surface area contributed by atoms with E-state index in [0.717, 1.165) is 24.8 Å². The number of hydrogen-bond donors (Lipinski definition) is 1. The summed E-state index contributed by atoms with van der Waals surface area (Å²) >= 11 is 0. The van der Waals surface area contributed by atoms with Crippen LogP contribution in [0.2, 0.25) is 0 Å². The summed E-state index contributed by atoms with van der Waals surface area (Å²) in [7, 11) is 0. The number of aliphatic hydroxyl groups is 1. The molecule has 1 N–H and O–H groups in total. The van der Waals surface area contributed by atoms with Crippen molar-refractivity contribution >= 4 is 0 Å². The van der Waals surface area contributed by atoms with Crippen molar-refractivity contribution in [3.8, 4) is 0 Å². The van der Waals surface area contributed by atoms with Crippen LogP contribution in [0.3, 0.4) is 0 Å². The van der Waals surface area contributed by atoms with Crippen LogP contribution in [0.4, 0.5) is 0 Å². The molecule has 1 aromatic rings. The second-order valence-electron chi connectivity index (χ2n) is 7.11. The maximum atomic E-state index is 9.09. The van der Waals surface area contributed by atoms with Crippen molar-refractivity contribution in [1.29, 1.82) is 0 Å². The Morgan fingerprint density at radius 2 is 1.52 bits per heavy atom. The van der Waals surface area contributed by atoms with Crippen LogP contribution >= 0.6 is 0 Å². The topological polar surface area (TPSA) is 23.5 Å². The van der Waals surface area contributed by atoms with Gasteiger partial charge in [0.25, 0.3) is 0 Å². The van der Waals surface area contributed by atoms with Crippen LogP contribution in [-0.4, -0.2) is 36.2 Å². The summed E-state index contributed by atoms with van der Waals surface area (Å²) in [5.74, 6) is 2.84. The molecule has 3 aliphatic carbocycles. The third kappa shape index (κ3) is 1.85. The van der Waals surface area contributed by atoms with E-state index < -0.39 is 0 Å². The van der Waals surface area contributed by atoms with Gasteiger partial charge in [0.1, 0.15) is 0 Å². The summed E-state index contributed by atoms with van der Waals surface area (Å²) in [5, 5.41) is 9.09. The Bertz CT molecular complexity index is 544. The molecule has 1 aliphatic heterocycles. The van der Waals surface area contributed by atoms with Crippen LogP contribution in [0, 0.1) is 11.8 Å². The number of nitrogens with zero attached hydrogens (tertiary/aromatic N) is 1. The number of aliphatic hydroxyl groups excluding tert-OH is 1. The first kappa shape index (κ1) is 13.5. The maximum absolute atomic E-state index is 9.09. The molecule has 0 unspecified atom stereocenters. The second-order valence-corrected chi connectivity index (χ2v) is 7.11. The van der Waals surface area contributed by atoms with E-state index >= 15 is 0 Å². The number of allylic oxidation sites excluding steroid dienone is 2. The molecular formula is C19H25NO. The van der Waals surface area contributed by atoms with Gasteiger partial charge in [-0.05, 0) is 43.2 Å². The van der Waals surface area contributed by atoms with Crippen LogP contribution in [0.1, 0.15) is 43.2 Å². The molecule has 0 amide bonds. The summed E-state index contributed by atoms with van der Waals surface area (Å²) < 4.78 is 0. The molecule has 2 nitrogen and oxygen atoms in total. The minimum atomic E-state index is 0.315. The number of rotatable bonds is 3. The zero-order valence-corrected chi connectivity index (χ0v) is 13.0. The van der Waals surface area contributed by atoms with E-state index in [4.69, 9.17) is 5.11 Å². The Hall–Kier alpha value is -1.12. The Labute approximate surface area is 127 Å². The van der Waals surface area contributed by atoms with Gasteiger partial charge in [0.15, 0.2) is 0 Å². The third-order valence-corrected chi connectivity index (χ3v) is 6.20. The average molecular weight is 283 g/mol. The van der Waals surface area contributed by atoms with E-state index in [1.807, 2.05) is 0 Å². The van der Waals surface area contributed by atoms with E-state index in [-0.39, 0.29) is 0 Å². The Balaban J connectivity index is 1.72. The van der Waals surface area contributed by atoms with Crippen molar-refractivity contribution < 1.29 is 5.11 Å². The first-order chi connectivity index (χ1) is 10.2. The second kappa shape index (κ2) is 4.96. The van der Waals surface area contributed by atoms with E-state index in [1.54, 1.807) is 22.3 Å². The zero-order chi connectivity index (χ0) is 14.6. The van der Waals surface area contributed by atoms with Gasteiger partial charge in [0, 0.05) is 38.1 Å². The Kier molecular flexibility index (Phi) is 3.20. The van der Waals surface area contributed by atoms with Gasteiger partial charge in [-0.1, -0.05) is 35.4 Å². The quantitative estimate of drug-likeness (QED) is 0.861. The van der Waals surface area contributed by atoms with Crippen molar-refractivity contribution in [2.75, 3.05) is 26.2 Å². The zero-order valence-electron chi connectivity index (χ0n) is 13.0. The molecule has 4 atom stereocenters. The molecular weight excluding hydrogens is 258 g/mol. The predicted octanol–water partition coefficient (Wildman–Crippen LogP) is 3.15. The molecule has 0 spiro atoms. The number of likely N-dealkylation sites (tertiary alicyclic amines) is 1. The molecule has 2 heteroatoms. The van der Waals surface area contributed by atoms with Gasteiger partial charge >= 0.3 is 0 Å². The summed E-state index contributed by atoms with van der Waals surface area (Å²) in [6.45, 7) is 8.51. The maximum Gasteiger partial charge on any atom is 0.0443 e. The molecule has 21 heavy (non-hydrogen) atoms. The van der Waals surface area contributed by atoms with E-state index in [9.17, 15) is 0 Å². The lowest BCUT2D eigenvalue weighted by Crippen LogP contribution is -2.38. The van der Waals surface area contributed by atoms with Crippen molar-refractivity contribution in [2.45, 2.75) is 32.1 Å². The van der Waals surface area contributed by atoms with Gasteiger partial charge in [-0.25, -0.2) is 0 Å². The van der Waals surface area contributed by atoms with Gasteiger partial charge in [0.2, 0.25) is 0 Å². The average Bonchev–Trinajstić information content (AvgIpc) is 2.92. The molecule has 1 aromatic carbocycles. The molecule has 0 radical (unpaired) electrons. The van der Waals surface area contributed by atoms with Gasteiger partial charge in [0.05, 0.1) is 0 Å². The fourth-order valence-electron chi connectivity index (χ4n) is 5.26. The van der Waals surface area contributed by atoms with E-state index in [2.05, 4.69) is 43.0 Å².